The SMILES string of the molecule is O=C(COCC(=O)ON1C(=O)CCC1O)ON1C(=O)CCC1O. The van der Waals surface area contributed by atoms with Crippen LogP contribution >= 0.6 is 0 Å². The second-order valence-electron chi connectivity index (χ2n) is 4.90. The molecule has 0 aromatic heterocycles. The Morgan fingerprint density at radius 3 is 1.61 bits per heavy atom. The fraction of sp³-hybridized carbons (Fsp3) is 0.667. The highest BCUT2D eigenvalue weighted by molar-refractivity contribution is 5.81. The molecule has 23 heavy (non-hydrogen) atoms. The van der Waals surface area contributed by atoms with Crippen LogP contribution in [0.1, 0.15) is 25.7 Å². The Balaban J connectivity index is 1.66. The van der Waals surface area contributed by atoms with E-state index in [2.05, 4.69) is 9.68 Å². The summed E-state index contributed by atoms with van der Waals surface area (Å²) in [7, 11) is 0. The summed E-state index contributed by atoms with van der Waals surface area (Å²) >= 11 is 0. The maximum absolute atomic E-state index is 11.4. The van der Waals surface area contributed by atoms with Crippen molar-refractivity contribution in [3.05, 3.63) is 0 Å². The molecule has 0 aliphatic carbocycles. The van der Waals surface area contributed by atoms with Crippen molar-refractivity contribution in [1.29, 1.82) is 0 Å². The fourth-order valence-corrected chi connectivity index (χ4v) is 2.01. The third-order valence-corrected chi connectivity index (χ3v) is 3.11. The van der Waals surface area contributed by atoms with Gasteiger partial charge in [0.05, 0.1) is 0 Å². The Kier molecular flexibility index (Phi) is 5.47. The molecular weight excluding hydrogens is 316 g/mol. The zero-order valence-electron chi connectivity index (χ0n) is 12.0. The molecule has 2 atom stereocenters. The molecule has 11 nitrogen and oxygen atoms in total. The van der Waals surface area contributed by atoms with Crippen LogP contribution in [0.15, 0.2) is 0 Å². The molecule has 0 spiro atoms. The number of aliphatic hydroxyl groups excluding tert-OH is 2. The number of hydrogen-bond donors (Lipinski definition) is 2. The summed E-state index contributed by atoms with van der Waals surface area (Å²) in [6, 6.07) is 0. The molecule has 2 heterocycles. The molecule has 2 rings (SSSR count). The molecule has 2 aliphatic heterocycles. The number of carbonyl (C=O) groups is 4. The van der Waals surface area contributed by atoms with Crippen LogP contribution in [0.5, 0.6) is 0 Å². The Morgan fingerprint density at radius 1 is 0.913 bits per heavy atom. The minimum absolute atomic E-state index is 0.0633. The lowest BCUT2D eigenvalue weighted by atomic mass is 10.4. The van der Waals surface area contributed by atoms with E-state index in [1.807, 2.05) is 0 Å². The highest BCUT2D eigenvalue weighted by Crippen LogP contribution is 2.17. The van der Waals surface area contributed by atoms with Crippen LogP contribution in [0.2, 0.25) is 0 Å². The highest BCUT2D eigenvalue weighted by atomic mass is 16.8. The van der Waals surface area contributed by atoms with Gasteiger partial charge in [0.1, 0.15) is 13.2 Å². The Bertz CT molecular complexity index is 465. The van der Waals surface area contributed by atoms with E-state index in [1.165, 1.54) is 0 Å². The second-order valence-corrected chi connectivity index (χ2v) is 4.90. The van der Waals surface area contributed by atoms with Crippen molar-refractivity contribution in [2.45, 2.75) is 38.1 Å². The maximum Gasteiger partial charge on any atom is 0.358 e. The first-order valence-electron chi connectivity index (χ1n) is 6.88. The van der Waals surface area contributed by atoms with E-state index < -0.39 is 49.4 Å². The van der Waals surface area contributed by atoms with E-state index in [-0.39, 0.29) is 25.7 Å². The monoisotopic (exact) mass is 332 g/mol. The first kappa shape index (κ1) is 17.1. The molecule has 0 aromatic carbocycles. The largest absolute Gasteiger partial charge is 0.370 e. The molecule has 0 aromatic rings. The van der Waals surface area contributed by atoms with E-state index in [4.69, 9.17) is 4.74 Å². The summed E-state index contributed by atoms with van der Waals surface area (Å²) in [6.07, 6.45) is -1.95. The first-order chi connectivity index (χ1) is 10.9. The van der Waals surface area contributed by atoms with Crippen molar-refractivity contribution in [2.75, 3.05) is 13.2 Å². The summed E-state index contributed by atoms with van der Waals surface area (Å²) in [6.45, 7) is -1.33. The van der Waals surface area contributed by atoms with Crippen LogP contribution < -0.4 is 0 Å². The number of aliphatic hydroxyl groups is 2. The minimum atomic E-state index is -1.20. The average molecular weight is 332 g/mol. The second kappa shape index (κ2) is 7.35. The Morgan fingerprint density at radius 2 is 1.30 bits per heavy atom. The van der Waals surface area contributed by atoms with Crippen LogP contribution in [-0.4, -0.2) is 69.8 Å². The van der Waals surface area contributed by atoms with Crippen molar-refractivity contribution < 1.29 is 43.8 Å². The molecule has 2 fully saturated rings. The zero-order chi connectivity index (χ0) is 17.0. The van der Waals surface area contributed by atoms with E-state index in [0.717, 1.165) is 0 Å². The van der Waals surface area contributed by atoms with Crippen LogP contribution in [0.4, 0.5) is 0 Å². The van der Waals surface area contributed by atoms with Crippen molar-refractivity contribution in [3.8, 4) is 0 Å². The predicted molar refractivity (Wildman–Crippen MR) is 67.2 cm³/mol. The van der Waals surface area contributed by atoms with Gasteiger partial charge in [-0.3, -0.25) is 9.59 Å². The van der Waals surface area contributed by atoms with Crippen molar-refractivity contribution >= 4 is 23.8 Å². The fourth-order valence-electron chi connectivity index (χ4n) is 2.01. The normalized spacial score (nSPS) is 24.3. The molecular formula is C12H16N2O9. The van der Waals surface area contributed by atoms with Crippen molar-refractivity contribution in [1.82, 2.24) is 10.1 Å². The van der Waals surface area contributed by atoms with Gasteiger partial charge in [-0.2, -0.15) is 0 Å². The quantitative estimate of drug-likeness (QED) is 0.554. The lowest BCUT2D eigenvalue weighted by Gasteiger charge is -2.19. The molecule has 2 saturated heterocycles. The Hall–Kier alpha value is -2.24. The standard InChI is InChI=1S/C12H16N2O9/c15-7-1-2-8(16)13(7)22-11(19)5-21-6-12(20)23-14-9(17)3-4-10(14)18/h7,9,15,17H,1-6H2. The predicted octanol–water partition coefficient (Wildman–Crippen LogP) is -2.20. The highest BCUT2D eigenvalue weighted by Gasteiger charge is 2.34. The third kappa shape index (κ3) is 4.37. The summed E-state index contributed by atoms with van der Waals surface area (Å²) in [5.74, 6) is -3.03. The lowest BCUT2D eigenvalue weighted by Crippen LogP contribution is -2.37. The van der Waals surface area contributed by atoms with Crippen LogP contribution in [0.3, 0.4) is 0 Å². The number of hydroxylamine groups is 4. The summed E-state index contributed by atoms with van der Waals surface area (Å²) in [4.78, 5) is 54.6. The number of hydrogen-bond acceptors (Lipinski definition) is 9. The van der Waals surface area contributed by atoms with Gasteiger partial charge in [-0.05, 0) is 0 Å². The van der Waals surface area contributed by atoms with E-state index >= 15 is 0 Å². The average Bonchev–Trinajstić information content (AvgIpc) is 2.97. The topological polar surface area (TPSA) is 143 Å². The van der Waals surface area contributed by atoms with Crippen LogP contribution in [-0.2, 0) is 33.6 Å². The Labute approximate surface area is 130 Å². The summed E-state index contributed by atoms with van der Waals surface area (Å²) < 4.78 is 4.73. The molecule has 2 unspecified atom stereocenters. The van der Waals surface area contributed by atoms with E-state index in [1.54, 1.807) is 0 Å². The van der Waals surface area contributed by atoms with Gasteiger partial charge in [0.25, 0.3) is 11.8 Å². The summed E-state index contributed by atoms with van der Waals surface area (Å²) in [5, 5.41) is 19.9. The van der Waals surface area contributed by atoms with Crippen LogP contribution in [0, 0.1) is 0 Å². The molecule has 11 heteroatoms. The first-order valence-corrected chi connectivity index (χ1v) is 6.88. The molecule has 2 amide bonds. The number of nitrogens with zero attached hydrogens (tertiary/aromatic N) is 2. The van der Waals surface area contributed by atoms with Gasteiger partial charge in [-0.25, -0.2) is 9.59 Å². The van der Waals surface area contributed by atoms with Gasteiger partial charge in [0, 0.05) is 25.7 Å². The van der Waals surface area contributed by atoms with Gasteiger partial charge in [-0.1, -0.05) is 0 Å². The molecule has 0 radical (unpaired) electrons. The molecule has 0 saturated carbocycles. The zero-order valence-corrected chi connectivity index (χ0v) is 12.0. The number of rotatable bonds is 6. The van der Waals surface area contributed by atoms with E-state index in [0.29, 0.717) is 10.1 Å². The molecule has 0 bridgehead atoms. The van der Waals surface area contributed by atoms with Gasteiger partial charge in [0.15, 0.2) is 12.5 Å². The summed E-state index contributed by atoms with van der Waals surface area (Å²) in [5.41, 5.74) is 0. The number of amides is 2. The number of carbonyl (C=O) groups excluding carboxylic acids is 4. The third-order valence-electron chi connectivity index (χ3n) is 3.11. The van der Waals surface area contributed by atoms with E-state index in [9.17, 15) is 29.4 Å². The molecule has 2 N–H and O–H groups in total. The maximum atomic E-state index is 11.4. The number of ether oxygens (including phenoxy) is 1. The smallest absolute Gasteiger partial charge is 0.358 e. The van der Waals surface area contributed by atoms with Gasteiger partial charge in [0.2, 0.25) is 0 Å². The minimum Gasteiger partial charge on any atom is -0.370 e. The van der Waals surface area contributed by atoms with Crippen LogP contribution in [0.25, 0.3) is 0 Å². The lowest BCUT2D eigenvalue weighted by molar-refractivity contribution is -0.228. The van der Waals surface area contributed by atoms with Gasteiger partial charge in [-0.15, -0.1) is 10.1 Å². The van der Waals surface area contributed by atoms with Crippen molar-refractivity contribution in [3.63, 3.8) is 0 Å². The van der Waals surface area contributed by atoms with Crippen molar-refractivity contribution in [2.24, 2.45) is 0 Å². The molecule has 2 aliphatic rings. The van der Waals surface area contributed by atoms with Gasteiger partial charge >= 0.3 is 11.9 Å². The van der Waals surface area contributed by atoms with Gasteiger partial charge < -0.3 is 24.6 Å². The molecule has 128 valence electrons.